The summed E-state index contributed by atoms with van der Waals surface area (Å²) in [5.41, 5.74) is 0. The van der Waals surface area contributed by atoms with Crippen LogP contribution in [0.1, 0.15) is 136 Å². The largest absolute Gasteiger partial charge is 0.480 e. The van der Waals surface area contributed by atoms with Crippen LogP contribution in [-0.2, 0) is 52.7 Å². The fraction of sp³-hybridized carbons (Fsp3) is 0.780. The maximum atomic E-state index is 15.0. The van der Waals surface area contributed by atoms with Gasteiger partial charge >= 0.3 is 5.97 Å². The van der Waals surface area contributed by atoms with Crippen molar-refractivity contribution in [3.05, 3.63) is 12.2 Å². The van der Waals surface area contributed by atoms with Crippen molar-refractivity contribution in [3.63, 3.8) is 0 Å². The van der Waals surface area contributed by atoms with Crippen LogP contribution in [0.15, 0.2) is 12.2 Å². The Balaban J connectivity index is 6.97. The van der Waals surface area contributed by atoms with E-state index in [0.717, 1.165) is 9.80 Å². The number of carboxylic acid groups (broad SMARTS) is 1. The molecule has 0 aromatic carbocycles. The van der Waals surface area contributed by atoms with Crippen molar-refractivity contribution in [1.82, 2.24) is 56.0 Å². The van der Waals surface area contributed by atoms with Crippen LogP contribution in [0.25, 0.3) is 0 Å². The number of nitrogens with zero attached hydrogens (tertiary/aromatic N) is 6. The number of hydrogen-bond donors (Lipinski definition) is 8. The summed E-state index contributed by atoms with van der Waals surface area (Å²) in [6.07, 6.45) is 2.89. The van der Waals surface area contributed by atoms with Crippen LogP contribution < -0.4 is 26.6 Å². The highest BCUT2D eigenvalue weighted by atomic mass is 16.4. The minimum atomic E-state index is -1.59. The summed E-state index contributed by atoms with van der Waals surface area (Å²) < 4.78 is 0. The van der Waals surface area contributed by atoms with Crippen LogP contribution in [0.2, 0.25) is 0 Å². The highest BCUT2D eigenvalue weighted by molar-refractivity contribution is 5.99. The Morgan fingerprint density at radius 1 is 0.488 bits per heavy atom. The molecule has 0 saturated carbocycles. The summed E-state index contributed by atoms with van der Waals surface area (Å²) >= 11 is 0. The van der Waals surface area contributed by atoms with E-state index in [4.69, 9.17) is 0 Å². The van der Waals surface area contributed by atoms with E-state index in [1.165, 1.54) is 82.8 Å². The first-order valence-corrected chi connectivity index (χ1v) is 29.4. The molecule has 0 aromatic rings. The minimum Gasteiger partial charge on any atom is -0.480 e. The van der Waals surface area contributed by atoms with Gasteiger partial charge in [0.05, 0.1) is 12.7 Å². The molecule has 0 fully saturated rings. The number of aliphatic hydroxyl groups excluding tert-OH is 2. The van der Waals surface area contributed by atoms with E-state index in [-0.39, 0.29) is 43.4 Å². The molecule has 0 unspecified atom stereocenters. The van der Waals surface area contributed by atoms with Crippen molar-refractivity contribution in [2.24, 2.45) is 35.5 Å². The van der Waals surface area contributed by atoms with Gasteiger partial charge in [0.2, 0.25) is 59.1 Å². The number of carbonyl (C=O) groups excluding carboxylic acids is 10. The first-order valence-electron chi connectivity index (χ1n) is 29.4. The summed E-state index contributed by atoms with van der Waals surface area (Å²) in [5.74, 6) is -10.1. The highest BCUT2D eigenvalue weighted by Crippen LogP contribution is 2.25. The third-order valence-electron chi connectivity index (χ3n) is 15.1. The van der Waals surface area contributed by atoms with Gasteiger partial charge in [-0.1, -0.05) is 95.2 Å². The molecule has 0 heterocycles. The van der Waals surface area contributed by atoms with Crippen molar-refractivity contribution in [2.75, 3.05) is 62.5 Å². The Bertz CT molecular complexity index is 2240. The fourth-order valence-electron chi connectivity index (χ4n) is 9.82. The molecule has 0 radical (unpaired) electrons. The lowest BCUT2D eigenvalue weighted by molar-refractivity contribution is -0.157. The smallest absolute Gasteiger partial charge is 0.323 e. The second-order valence-electron chi connectivity index (χ2n) is 24.4. The van der Waals surface area contributed by atoms with E-state index in [2.05, 4.69) is 26.6 Å². The van der Waals surface area contributed by atoms with Gasteiger partial charge in [-0.2, -0.15) is 0 Å². The first-order chi connectivity index (χ1) is 38.8. The summed E-state index contributed by atoms with van der Waals surface area (Å²) in [5, 5.41) is 44.1. The first kappa shape index (κ1) is 77.8. The van der Waals surface area contributed by atoms with E-state index < -0.39 is 162 Å². The van der Waals surface area contributed by atoms with Crippen molar-refractivity contribution in [2.45, 2.75) is 202 Å². The van der Waals surface area contributed by atoms with Crippen molar-refractivity contribution >= 4 is 65.0 Å². The van der Waals surface area contributed by atoms with Crippen LogP contribution in [-0.4, -0.2) is 239 Å². The molecule has 0 rings (SSSR count). The maximum absolute atomic E-state index is 15.0. The van der Waals surface area contributed by atoms with Gasteiger partial charge in [0.25, 0.3) is 0 Å². The van der Waals surface area contributed by atoms with Crippen LogP contribution in [0.3, 0.4) is 0 Å². The van der Waals surface area contributed by atoms with Crippen LogP contribution in [0.5, 0.6) is 0 Å². The maximum Gasteiger partial charge on any atom is 0.323 e. The third kappa shape index (κ3) is 23.0. The lowest BCUT2D eigenvalue weighted by Crippen LogP contribution is -2.63. The van der Waals surface area contributed by atoms with Crippen LogP contribution in [0.4, 0.5) is 0 Å². The number of aliphatic hydroxyl groups is 2. The number of carboxylic acids is 1. The Labute approximate surface area is 500 Å². The fourth-order valence-corrected chi connectivity index (χ4v) is 9.82. The van der Waals surface area contributed by atoms with Gasteiger partial charge < -0.3 is 71.3 Å². The third-order valence-corrected chi connectivity index (χ3v) is 15.1. The Hall–Kier alpha value is -6.21. The molecule has 0 aliphatic carbocycles. The molecule has 25 nitrogen and oxygen atoms in total. The van der Waals surface area contributed by atoms with Gasteiger partial charge in [0, 0.05) is 42.3 Å². The lowest BCUT2D eigenvalue weighted by atomic mass is 9.91. The molecule has 0 aromatic heterocycles. The van der Waals surface area contributed by atoms with E-state index in [1.807, 2.05) is 41.5 Å². The van der Waals surface area contributed by atoms with Crippen molar-refractivity contribution < 1.29 is 68.1 Å². The molecule has 25 heteroatoms. The Kier molecular flexibility index (Phi) is 33.9. The van der Waals surface area contributed by atoms with E-state index >= 15 is 4.79 Å². The predicted molar refractivity (Wildman–Crippen MR) is 320 cm³/mol. The zero-order valence-electron chi connectivity index (χ0n) is 54.4. The second-order valence-corrected chi connectivity index (χ2v) is 24.4. The molecule has 10 amide bonds. The van der Waals surface area contributed by atoms with Gasteiger partial charge in [-0.3, -0.25) is 52.7 Å². The SMILES string of the molecule is C/C=C/C[C@@H](C)[C@@H](O)[C@@H](C(=O)N[C@@H](CC)C(=O)N(C)CC(=O)O)N(C)C(=O)[C@H](C(C)C)N(C)C(=O)[C@H](CC(C)C)N(C)C(=O)[C@H](CC(C)C)N(C)C(=O)[C@@H](C)NC(=O)[C@H](C)NC(=O)[C@H](CC(C)C)N(C)C(=O)[C@@H](NC(=O)[C@H](CO)NC)C(C)C. The average molecular weight is 1190 g/mol. The van der Waals surface area contributed by atoms with E-state index in [1.54, 1.807) is 60.6 Å². The number of aliphatic carboxylic acids is 1. The highest BCUT2D eigenvalue weighted by Gasteiger charge is 2.45. The zero-order valence-corrected chi connectivity index (χ0v) is 54.4. The number of nitrogens with one attached hydrogen (secondary N) is 5. The topological polar surface area (TPSA) is 328 Å². The Morgan fingerprint density at radius 3 is 1.37 bits per heavy atom. The Morgan fingerprint density at radius 2 is 0.940 bits per heavy atom. The van der Waals surface area contributed by atoms with Crippen molar-refractivity contribution in [1.29, 1.82) is 0 Å². The standard InChI is InChI=1S/C59H107N11O14/c1-23-25-26-37(13)49(74)48(53(78)63-40(24-2)55(80)65(17)30-45(72)73)70(22)59(84)47(36(11)12)69(21)57(82)44(29-34(7)8)68(20)56(81)43(28-33(5)6)67(19)54(79)39(15)62-50(75)38(14)61-52(77)42(27-32(3)4)66(18)58(83)46(35(9)10)64-51(76)41(31-71)60-16/h23,25,32-44,46-49,60,71,74H,24,26-31H2,1-22H3,(H,61,77)(H,62,75)(H,63,78)(H,64,76)(H,72,73)/b25-23+/t37-,38+,39-,40+,41+,42+,43+,44+,46+,47+,48+,49-/m1/s1. The second kappa shape index (κ2) is 36.6. The van der Waals surface area contributed by atoms with Gasteiger partial charge in [-0.25, -0.2) is 0 Å². The average Bonchev–Trinajstić information content (AvgIpc) is 3.39. The van der Waals surface area contributed by atoms with E-state index in [9.17, 15) is 63.3 Å². The number of likely N-dealkylation sites (N-methyl/N-ethyl adjacent to an activating group) is 7. The van der Waals surface area contributed by atoms with Gasteiger partial charge in [0.1, 0.15) is 67.0 Å². The summed E-state index contributed by atoms with van der Waals surface area (Å²) in [7, 11) is 9.78. The molecule has 8 N–H and O–H groups in total. The number of amides is 10. The molecular formula is C59H107N11O14. The number of hydrogen-bond acceptors (Lipinski definition) is 14. The predicted octanol–water partition coefficient (Wildman–Crippen LogP) is 1.05. The monoisotopic (exact) mass is 1190 g/mol. The quantitative estimate of drug-likeness (QED) is 0.0407. The molecule has 0 aliphatic rings. The lowest BCUT2D eigenvalue weighted by Gasteiger charge is -2.41. The molecule has 12 atom stereocenters. The number of allylic oxidation sites excluding steroid dienone is 2. The normalized spacial score (nSPS) is 16.0. The zero-order chi connectivity index (χ0) is 65.5. The van der Waals surface area contributed by atoms with Crippen LogP contribution >= 0.6 is 0 Å². The van der Waals surface area contributed by atoms with Gasteiger partial charge in [-0.15, -0.1) is 0 Å². The van der Waals surface area contributed by atoms with Crippen LogP contribution in [0, 0.1) is 35.5 Å². The molecular weight excluding hydrogens is 1090 g/mol. The molecule has 84 heavy (non-hydrogen) atoms. The van der Waals surface area contributed by atoms with Gasteiger partial charge in [0.15, 0.2) is 0 Å². The number of rotatable bonds is 36. The summed E-state index contributed by atoms with van der Waals surface area (Å²) in [6, 6.07) is -12.0. The molecule has 0 aliphatic heterocycles. The minimum absolute atomic E-state index is 0.0536. The summed E-state index contributed by atoms with van der Waals surface area (Å²) in [6.45, 7) is 24.8. The molecule has 0 spiro atoms. The molecule has 482 valence electrons. The summed E-state index contributed by atoms with van der Waals surface area (Å²) in [4.78, 5) is 160. The van der Waals surface area contributed by atoms with Gasteiger partial charge in [-0.05, 0) is 95.4 Å². The van der Waals surface area contributed by atoms with Crippen molar-refractivity contribution in [3.8, 4) is 0 Å². The molecule has 0 bridgehead atoms. The van der Waals surface area contributed by atoms with E-state index in [0.29, 0.717) is 6.42 Å². The molecule has 0 saturated heterocycles. The number of carbonyl (C=O) groups is 11.